The molecular weight excluding hydrogens is 304 g/mol. The number of likely N-dealkylation sites (tertiary alicyclic amines) is 1. The lowest BCUT2D eigenvalue weighted by atomic mass is 10.1. The largest absolute Gasteiger partial charge is 0.496 e. The number of ether oxygens (including phenoxy) is 1. The second-order valence-corrected chi connectivity index (χ2v) is 6.30. The zero-order chi connectivity index (χ0) is 17.4. The summed E-state index contributed by atoms with van der Waals surface area (Å²) in [6.07, 6.45) is 4.97. The normalized spacial score (nSPS) is 14.8. The van der Waals surface area contributed by atoms with Gasteiger partial charge in [-0.05, 0) is 18.9 Å². The van der Waals surface area contributed by atoms with Crippen LogP contribution in [0.3, 0.4) is 0 Å². The molecule has 0 N–H and O–H groups in total. The lowest BCUT2D eigenvalue weighted by Gasteiger charge is -2.25. The molecule has 1 saturated heterocycles. The molecule has 24 heavy (non-hydrogen) atoms. The number of para-hydroxylation sites is 1. The fourth-order valence-electron chi connectivity index (χ4n) is 3.10. The molecule has 0 atom stereocenters. The van der Waals surface area contributed by atoms with Crippen molar-refractivity contribution in [3.05, 3.63) is 29.8 Å². The number of hydrogen-bond donors (Lipinski definition) is 0. The van der Waals surface area contributed by atoms with E-state index in [1.165, 1.54) is 12.8 Å². The Balaban J connectivity index is 1.93. The molecular formula is C19H28N2O3. The summed E-state index contributed by atoms with van der Waals surface area (Å²) in [5, 5.41) is 0. The van der Waals surface area contributed by atoms with Gasteiger partial charge in [0.25, 0.3) is 0 Å². The molecule has 0 radical (unpaired) electrons. The maximum atomic E-state index is 12.4. The van der Waals surface area contributed by atoms with Crippen molar-refractivity contribution >= 4 is 11.8 Å². The van der Waals surface area contributed by atoms with Crippen LogP contribution < -0.4 is 4.74 Å². The summed E-state index contributed by atoms with van der Waals surface area (Å²) >= 11 is 0. The molecule has 1 aliphatic heterocycles. The molecule has 2 amide bonds. The number of methoxy groups -OCH3 is 1. The van der Waals surface area contributed by atoms with Crippen LogP contribution in [0.15, 0.2) is 24.3 Å². The van der Waals surface area contributed by atoms with E-state index in [0.717, 1.165) is 37.2 Å². The summed E-state index contributed by atoms with van der Waals surface area (Å²) in [4.78, 5) is 28.0. The predicted molar refractivity (Wildman–Crippen MR) is 93.8 cm³/mol. The van der Waals surface area contributed by atoms with Crippen LogP contribution in [-0.4, -0.2) is 48.4 Å². The minimum Gasteiger partial charge on any atom is -0.496 e. The summed E-state index contributed by atoms with van der Waals surface area (Å²) in [6.45, 7) is 4.16. The van der Waals surface area contributed by atoms with E-state index >= 15 is 0 Å². The van der Waals surface area contributed by atoms with E-state index < -0.39 is 0 Å². The van der Waals surface area contributed by atoms with Gasteiger partial charge >= 0.3 is 0 Å². The molecule has 1 aromatic carbocycles. The first-order valence-corrected chi connectivity index (χ1v) is 8.77. The third kappa shape index (κ3) is 5.25. The molecule has 1 heterocycles. The number of carbonyl (C=O) groups is 2. The third-order valence-electron chi connectivity index (χ3n) is 4.55. The number of carbonyl (C=O) groups excluding carboxylic acids is 2. The molecule has 1 aromatic rings. The quantitative estimate of drug-likeness (QED) is 0.805. The maximum absolute atomic E-state index is 12.4. The molecule has 0 bridgehead atoms. The molecule has 5 heteroatoms. The molecule has 0 spiro atoms. The van der Waals surface area contributed by atoms with Crippen molar-refractivity contribution in [2.45, 2.75) is 45.6 Å². The number of benzene rings is 1. The highest BCUT2D eigenvalue weighted by atomic mass is 16.5. The number of rotatable bonds is 6. The van der Waals surface area contributed by atoms with Crippen LogP contribution >= 0.6 is 0 Å². The minimum atomic E-state index is -0.0235. The summed E-state index contributed by atoms with van der Waals surface area (Å²) in [5.41, 5.74) is 0.956. The fraction of sp³-hybridized carbons (Fsp3) is 0.579. The van der Waals surface area contributed by atoms with Crippen molar-refractivity contribution in [1.29, 1.82) is 0 Å². The van der Waals surface area contributed by atoms with E-state index in [-0.39, 0.29) is 11.8 Å². The van der Waals surface area contributed by atoms with Crippen LogP contribution in [0.5, 0.6) is 5.75 Å². The van der Waals surface area contributed by atoms with Crippen molar-refractivity contribution in [3.8, 4) is 5.75 Å². The Kier molecular flexibility index (Phi) is 7.09. The van der Waals surface area contributed by atoms with Gasteiger partial charge in [-0.3, -0.25) is 9.59 Å². The van der Waals surface area contributed by atoms with Crippen molar-refractivity contribution in [3.63, 3.8) is 0 Å². The van der Waals surface area contributed by atoms with Crippen molar-refractivity contribution < 1.29 is 14.3 Å². The number of nitrogens with zero attached hydrogens (tertiary/aromatic N) is 2. The Hall–Kier alpha value is -2.04. The fourth-order valence-corrected chi connectivity index (χ4v) is 3.10. The summed E-state index contributed by atoms with van der Waals surface area (Å²) in [7, 11) is 1.62. The van der Waals surface area contributed by atoms with E-state index in [4.69, 9.17) is 4.74 Å². The van der Waals surface area contributed by atoms with Crippen molar-refractivity contribution in [2.24, 2.45) is 0 Å². The molecule has 1 fully saturated rings. The molecule has 2 rings (SSSR count). The molecule has 0 saturated carbocycles. The first kappa shape index (κ1) is 18.3. The highest BCUT2D eigenvalue weighted by Gasteiger charge is 2.18. The number of hydrogen-bond acceptors (Lipinski definition) is 3. The van der Waals surface area contributed by atoms with Crippen LogP contribution in [0.1, 0.15) is 44.6 Å². The second kappa shape index (κ2) is 9.30. The molecule has 0 unspecified atom stereocenters. The molecule has 1 aliphatic rings. The van der Waals surface area contributed by atoms with Crippen molar-refractivity contribution in [1.82, 2.24) is 9.80 Å². The number of amides is 2. The van der Waals surface area contributed by atoms with Gasteiger partial charge in [-0.25, -0.2) is 0 Å². The average Bonchev–Trinajstić information content (AvgIpc) is 2.87. The first-order chi connectivity index (χ1) is 11.6. The van der Waals surface area contributed by atoms with E-state index in [9.17, 15) is 9.59 Å². The summed E-state index contributed by atoms with van der Waals surface area (Å²) in [6, 6.07) is 7.67. The smallest absolute Gasteiger partial charge is 0.224 e. The summed E-state index contributed by atoms with van der Waals surface area (Å²) < 4.78 is 5.35. The zero-order valence-electron chi connectivity index (χ0n) is 14.8. The molecule has 5 nitrogen and oxygen atoms in total. The van der Waals surface area contributed by atoms with Gasteiger partial charge in [0, 0.05) is 45.1 Å². The molecule has 0 aliphatic carbocycles. The van der Waals surface area contributed by atoms with Gasteiger partial charge < -0.3 is 14.5 Å². The first-order valence-electron chi connectivity index (χ1n) is 8.77. The van der Waals surface area contributed by atoms with Crippen molar-refractivity contribution in [2.75, 3.05) is 26.7 Å². The van der Waals surface area contributed by atoms with E-state index in [0.29, 0.717) is 19.5 Å². The Labute approximate surface area is 144 Å². The van der Waals surface area contributed by atoms with E-state index in [1.54, 1.807) is 18.9 Å². The SMILES string of the molecule is COc1ccccc1CN(CCC(=O)N1CCCCCC1)C(C)=O. The highest BCUT2D eigenvalue weighted by Crippen LogP contribution is 2.19. The van der Waals surface area contributed by atoms with Crippen LogP contribution in [0, 0.1) is 0 Å². The Morgan fingerprint density at radius 2 is 1.79 bits per heavy atom. The van der Waals surface area contributed by atoms with Gasteiger partial charge in [0.05, 0.1) is 7.11 Å². The van der Waals surface area contributed by atoms with Crippen LogP contribution in [0.2, 0.25) is 0 Å². The lowest BCUT2D eigenvalue weighted by molar-refractivity contribution is -0.133. The monoisotopic (exact) mass is 332 g/mol. The van der Waals surface area contributed by atoms with Crippen LogP contribution in [0.4, 0.5) is 0 Å². The van der Waals surface area contributed by atoms with Gasteiger partial charge in [0.2, 0.25) is 11.8 Å². The third-order valence-corrected chi connectivity index (χ3v) is 4.55. The standard InChI is InChI=1S/C19H28N2O3/c1-16(22)21(15-17-9-5-6-10-18(17)24-2)14-11-19(23)20-12-7-3-4-8-13-20/h5-6,9-10H,3-4,7-8,11-15H2,1-2H3. The Bertz CT molecular complexity index is 551. The molecule has 132 valence electrons. The zero-order valence-corrected chi connectivity index (χ0v) is 14.8. The van der Waals surface area contributed by atoms with E-state index in [1.807, 2.05) is 29.2 Å². The van der Waals surface area contributed by atoms with Gasteiger partial charge in [-0.1, -0.05) is 31.0 Å². The van der Waals surface area contributed by atoms with E-state index in [2.05, 4.69) is 0 Å². The predicted octanol–water partition coefficient (Wildman–Crippen LogP) is 2.84. The lowest BCUT2D eigenvalue weighted by Crippen LogP contribution is -2.36. The molecule has 0 aromatic heterocycles. The van der Waals surface area contributed by atoms with Gasteiger partial charge in [-0.15, -0.1) is 0 Å². The van der Waals surface area contributed by atoms with Gasteiger partial charge in [-0.2, -0.15) is 0 Å². The average molecular weight is 332 g/mol. The van der Waals surface area contributed by atoms with Gasteiger partial charge in [0.1, 0.15) is 5.75 Å². The summed E-state index contributed by atoms with van der Waals surface area (Å²) in [5.74, 6) is 0.898. The van der Waals surface area contributed by atoms with Crippen LogP contribution in [0.25, 0.3) is 0 Å². The Morgan fingerprint density at radius 3 is 2.42 bits per heavy atom. The van der Waals surface area contributed by atoms with Gasteiger partial charge in [0.15, 0.2) is 0 Å². The van der Waals surface area contributed by atoms with Crippen LogP contribution in [-0.2, 0) is 16.1 Å². The maximum Gasteiger partial charge on any atom is 0.224 e. The highest BCUT2D eigenvalue weighted by molar-refractivity contribution is 5.78. The second-order valence-electron chi connectivity index (χ2n) is 6.30. The topological polar surface area (TPSA) is 49.9 Å². The minimum absolute atomic E-state index is 0.0235. The Morgan fingerprint density at radius 1 is 1.12 bits per heavy atom.